The molecule has 0 aliphatic carbocycles. The summed E-state index contributed by atoms with van der Waals surface area (Å²) in [5.74, 6) is 2.20. The minimum absolute atomic E-state index is 0.0213. The average Bonchev–Trinajstić information content (AvgIpc) is 2.78. The monoisotopic (exact) mass is 248 g/mol. The van der Waals surface area contributed by atoms with Crippen molar-refractivity contribution in [3.05, 3.63) is 0 Å². The Morgan fingerprint density at radius 2 is 2.06 bits per heavy atom. The third-order valence-electron chi connectivity index (χ3n) is 2.53. The van der Waals surface area contributed by atoms with Gasteiger partial charge in [-0.1, -0.05) is 0 Å². The van der Waals surface area contributed by atoms with E-state index in [1.807, 2.05) is 25.6 Å². The molecule has 1 saturated heterocycles. The molecular weight excluding hydrogens is 224 g/mol. The van der Waals surface area contributed by atoms with Gasteiger partial charge < -0.3 is 14.2 Å². The molecule has 1 aliphatic rings. The Balaban J connectivity index is 1.98. The van der Waals surface area contributed by atoms with E-state index in [9.17, 15) is 0 Å². The second-order valence-electron chi connectivity index (χ2n) is 3.84. The summed E-state index contributed by atoms with van der Waals surface area (Å²) >= 11 is 1.95. The van der Waals surface area contributed by atoms with Crippen molar-refractivity contribution in [3.8, 4) is 0 Å². The summed E-state index contributed by atoms with van der Waals surface area (Å²) < 4.78 is 16.5. The lowest BCUT2D eigenvalue weighted by Crippen LogP contribution is -2.18. The lowest BCUT2D eigenvalue weighted by molar-refractivity contribution is -0.136. The van der Waals surface area contributed by atoms with Gasteiger partial charge in [0.25, 0.3) is 0 Å². The highest BCUT2D eigenvalue weighted by Crippen LogP contribution is 2.18. The zero-order chi connectivity index (χ0) is 11.6. The molecule has 96 valence electrons. The fourth-order valence-electron chi connectivity index (χ4n) is 1.76. The van der Waals surface area contributed by atoms with Gasteiger partial charge in [0.05, 0.1) is 6.10 Å². The van der Waals surface area contributed by atoms with Crippen molar-refractivity contribution >= 4 is 11.8 Å². The summed E-state index contributed by atoms with van der Waals surface area (Å²) in [4.78, 5) is 0. The first-order valence-electron chi connectivity index (χ1n) is 6.29. The molecule has 1 unspecified atom stereocenters. The zero-order valence-electron chi connectivity index (χ0n) is 10.4. The summed E-state index contributed by atoms with van der Waals surface area (Å²) in [7, 11) is 0. The molecule has 16 heavy (non-hydrogen) atoms. The van der Waals surface area contributed by atoms with Crippen LogP contribution in [0, 0.1) is 0 Å². The summed E-state index contributed by atoms with van der Waals surface area (Å²) in [6, 6.07) is 0. The van der Waals surface area contributed by atoms with Crippen LogP contribution < -0.4 is 0 Å². The minimum atomic E-state index is -0.0213. The van der Waals surface area contributed by atoms with E-state index in [0.29, 0.717) is 6.10 Å². The van der Waals surface area contributed by atoms with Gasteiger partial charge in [0, 0.05) is 32.0 Å². The highest BCUT2D eigenvalue weighted by Gasteiger charge is 2.15. The second kappa shape index (κ2) is 9.28. The van der Waals surface area contributed by atoms with Crippen molar-refractivity contribution in [2.75, 3.05) is 31.3 Å². The molecular formula is C12H24O3S. The lowest BCUT2D eigenvalue weighted by Gasteiger charge is -2.17. The van der Waals surface area contributed by atoms with Crippen molar-refractivity contribution in [2.24, 2.45) is 0 Å². The van der Waals surface area contributed by atoms with Crippen LogP contribution in [0.15, 0.2) is 0 Å². The zero-order valence-corrected chi connectivity index (χ0v) is 11.3. The van der Waals surface area contributed by atoms with E-state index < -0.39 is 0 Å². The van der Waals surface area contributed by atoms with Crippen LogP contribution >= 0.6 is 11.8 Å². The van der Waals surface area contributed by atoms with Gasteiger partial charge in [0.1, 0.15) is 0 Å². The molecule has 1 rings (SSSR count). The average molecular weight is 248 g/mol. The summed E-state index contributed by atoms with van der Waals surface area (Å²) in [6.45, 7) is 6.41. The molecule has 0 spiro atoms. The van der Waals surface area contributed by atoms with Gasteiger partial charge in [-0.3, -0.25) is 0 Å². The maximum Gasteiger partial charge on any atom is 0.158 e. The standard InChI is InChI=1S/C12H24O3S/c1-3-13-12(14-4-2)7-9-16-10-11-6-5-8-15-11/h11-12H,3-10H2,1-2H3. The van der Waals surface area contributed by atoms with E-state index in [-0.39, 0.29) is 6.29 Å². The van der Waals surface area contributed by atoms with Crippen molar-refractivity contribution in [1.82, 2.24) is 0 Å². The molecule has 0 radical (unpaired) electrons. The fraction of sp³-hybridized carbons (Fsp3) is 1.00. The van der Waals surface area contributed by atoms with Gasteiger partial charge in [-0.2, -0.15) is 11.8 Å². The largest absolute Gasteiger partial charge is 0.377 e. The number of thioether (sulfide) groups is 1. The Morgan fingerprint density at radius 1 is 1.31 bits per heavy atom. The molecule has 0 aromatic heterocycles. The first-order valence-corrected chi connectivity index (χ1v) is 7.44. The van der Waals surface area contributed by atoms with Crippen LogP contribution in [-0.4, -0.2) is 43.7 Å². The molecule has 0 aromatic carbocycles. The molecule has 1 aliphatic heterocycles. The molecule has 0 bridgehead atoms. The van der Waals surface area contributed by atoms with Crippen molar-refractivity contribution < 1.29 is 14.2 Å². The fourth-order valence-corrected chi connectivity index (χ4v) is 2.81. The van der Waals surface area contributed by atoms with Gasteiger partial charge >= 0.3 is 0 Å². The Labute approximate surface area is 103 Å². The van der Waals surface area contributed by atoms with Crippen molar-refractivity contribution in [1.29, 1.82) is 0 Å². The number of ether oxygens (including phenoxy) is 3. The highest BCUT2D eigenvalue weighted by molar-refractivity contribution is 7.99. The van der Waals surface area contributed by atoms with Crippen LogP contribution in [0.1, 0.15) is 33.1 Å². The smallest absolute Gasteiger partial charge is 0.158 e. The predicted octanol–water partition coefficient (Wildman–Crippen LogP) is 2.69. The van der Waals surface area contributed by atoms with Crippen molar-refractivity contribution in [3.63, 3.8) is 0 Å². The number of hydrogen-bond donors (Lipinski definition) is 0. The number of hydrogen-bond acceptors (Lipinski definition) is 4. The normalized spacial score (nSPS) is 20.8. The molecule has 1 fully saturated rings. The predicted molar refractivity (Wildman–Crippen MR) is 68.0 cm³/mol. The van der Waals surface area contributed by atoms with E-state index in [1.165, 1.54) is 12.8 Å². The van der Waals surface area contributed by atoms with Gasteiger partial charge in [-0.25, -0.2) is 0 Å². The Bertz CT molecular complexity index is 154. The molecule has 0 N–H and O–H groups in total. The van der Waals surface area contributed by atoms with Gasteiger partial charge in [-0.15, -0.1) is 0 Å². The minimum Gasteiger partial charge on any atom is -0.377 e. The second-order valence-corrected chi connectivity index (χ2v) is 4.99. The van der Waals surface area contributed by atoms with Crippen molar-refractivity contribution in [2.45, 2.75) is 45.5 Å². The Kier molecular flexibility index (Phi) is 8.29. The SMILES string of the molecule is CCOC(CCSCC1CCCO1)OCC. The molecule has 4 heteroatoms. The highest BCUT2D eigenvalue weighted by atomic mass is 32.2. The quantitative estimate of drug-likeness (QED) is 0.463. The molecule has 3 nitrogen and oxygen atoms in total. The van der Waals surface area contributed by atoms with Crippen LogP contribution in [0.2, 0.25) is 0 Å². The maximum absolute atomic E-state index is 5.57. The Hall–Kier alpha value is 0.230. The molecule has 0 amide bonds. The first kappa shape index (κ1) is 14.3. The lowest BCUT2D eigenvalue weighted by atomic mass is 10.3. The van der Waals surface area contributed by atoms with Crippen LogP contribution in [0.25, 0.3) is 0 Å². The van der Waals surface area contributed by atoms with Crippen LogP contribution in [0.5, 0.6) is 0 Å². The Morgan fingerprint density at radius 3 is 2.62 bits per heavy atom. The molecule has 0 saturated carbocycles. The van der Waals surface area contributed by atoms with Crippen LogP contribution in [0.4, 0.5) is 0 Å². The third kappa shape index (κ3) is 6.09. The molecule has 1 atom stereocenters. The van der Waals surface area contributed by atoms with E-state index in [1.54, 1.807) is 0 Å². The topological polar surface area (TPSA) is 27.7 Å². The van der Waals surface area contributed by atoms with E-state index in [2.05, 4.69) is 0 Å². The third-order valence-corrected chi connectivity index (χ3v) is 3.66. The number of rotatable bonds is 9. The summed E-state index contributed by atoms with van der Waals surface area (Å²) in [5, 5.41) is 0. The van der Waals surface area contributed by atoms with Gasteiger partial charge in [0.2, 0.25) is 0 Å². The van der Waals surface area contributed by atoms with E-state index >= 15 is 0 Å². The molecule has 0 aromatic rings. The van der Waals surface area contributed by atoms with Gasteiger partial charge in [-0.05, 0) is 32.4 Å². The van der Waals surface area contributed by atoms with E-state index in [4.69, 9.17) is 14.2 Å². The van der Waals surface area contributed by atoms with Crippen LogP contribution in [-0.2, 0) is 14.2 Å². The summed E-state index contributed by atoms with van der Waals surface area (Å²) in [6.07, 6.45) is 3.90. The molecule has 1 heterocycles. The van der Waals surface area contributed by atoms with Gasteiger partial charge in [0.15, 0.2) is 6.29 Å². The first-order chi connectivity index (χ1) is 7.86. The van der Waals surface area contributed by atoms with Crippen LogP contribution in [0.3, 0.4) is 0 Å². The van der Waals surface area contributed by atoms with E-state index in [0.717, 1.165) is 37.7 Å². The summed E-state index contributed by atoms with van der Waals surface area (Å²) in [5.41, 5.74) is 0. The maximum atomic E-state index is 5.57.